The smallest absolute Gasteiger partial charge is 0.0681 e. The molecule has 0 aromatic heterocycles. The molecular weight excluding hydrogens is 268 g/mol. The lowest BCUT2D eigenvalue weighted by Crippen LogP contribution is -1.97. The van der Waals surface area contributed by atoms with E-state index in [-0.39, 0.29) is 6.61 Å². The molecular formula is C21H28O. The van der Waals surface area contributed by atoms with Crippen LogP contribution in [-0.2, 0) is 32.3 Å². The van der Waals surface area contributed by atoms with E-state index in [1.807, 2.05) is 12.1 Å². The Balaban J connectivity index is 2.10. The van der Waals surface area contributed by atoms with Crippen LogP contribution in [0.5, 0.6) is 0 Å². The number of aliphatic hydroxyl groups is 1. The van der Waals surface area contributed by atoms with Gasteiger partial charge in [-0.1, -0.05) is 69.2 Å². The molecule has 0 unspecified atom stereocenters. The van der Waals surface area contributed by atoms with Gasteiger partial charge in [-0.2, -0.15) is 0 Å². The molecule has 0 aliphatic heterocycles. The van der Waals surface area contributed by atoms with E-state index in [1.165, 1.54) is 47.9 Å². The molecule has 0 aliphatic carbocycles. The highest BCUT2D eigenvalue weighted by molar-refractivity contribution is 5.32. The Morgan fingerprint density at radius 1 is 0.636 bits per heavy atom. The highest BCUT2D eigenvalue weighted by atomic mass is 16.3. The summed E-state index contributed by atoms with van der Waals surface area (Å²) < 4.78 is 0. The van der Waals surface area contributed by atoms with Gasteiger partial charge in [-0.3, -0.25) is 0 Å². The SMILES string of the molecule is CCCc1cc(CCC)cc(CCc2cccc(CO)c2)c1. The van der Waals surface area contributed by atoms with Gasteiger partial charge in [0.1, 0.15) is 0 Å². The molecule has 0 aliphatic rings. The van der Waals surface area contributed by atoms with Crippen LogP contribution >= 0.6 is 0 Å². The lowest BCUT2D eigenvalue weighted by Gasteiger charge is -2.10. The molecule has 0 saturated heterocycles. The molecule has 0 heterocycles. The van der Waals surface area contributed by atoms with Crippen molar-refractivity contribution in [2.24, 2.45) is 0 Å². The zero-order chi connectivity index (χ0) is 15.8. The summed E-state index contributed by atoms with van der Waals surface area (Å²) in [6.45, 7) is 4.61. The first-order valence-corrected chi connectivity index (χ1v) is 8.55. The molecule has 0 fully saturated rings. The predicted octanol–water partition coefficient (Wildman–Crippen LogP) is 4.87. The van der Waals surface area contributed by atoms with Gasteiger partial charge < -0.3 is 5.11 Å². The maximum absolute atomic E-state index is 9.24. The minimum atomic E-state index is 0.125. The Kier molecular flexibility index (Phi) is 6.67. The third-order valence-electron chi connectivity index (χ3n) is 4.07. The molecule has 1 heteroatoms. The Morgan fingerprint density at radius 2 is 1.09 bits per heavy atom. The number of aryl methyl sites for hydroxylation is 4. The van der Waals surface area contributed by atoms with E-state index < -0.39 is 0 Å². The van der Waals surface area contributed by atoms with Gasteiger partial charge in [0.05, 0.1) is 6.61 Å². The van der Waals surface area contributed by atoms with Crippen molar-refractivity contribution in [1.82, 2.24) is 0 Å². The summed E-state index contributed by atoms with van der Waals surface area (Å²) in [5, 5.41) is 9.24. The van der Waals surface area contributed by atoms with E-state index in [0.29, 0.717) is 0 Å². The van der Waals surface area contributed by atoms with Gasteiger partial charge in [-0.05, 0) is 53.5 Å². The van der Waals surface area contributed by atoms with Crippen molar-refractivity contribution in [2.45, 2.75) is 59.0 Å². The zero-order valence-electron chi connectivity index (χ0n) is 13.9. The summed E-state index contributed by atoms with van der Waals surface area (Å²) in [5.74, 6) is 0. The Labute approximate surface area is 135 Å². The highest BCUT2D eigenvalue weighted by Crippen LogP contribution is 2.16. The van der Waals surface area contributed by atoms with Gasteiger partial charge in [-0.15, -0.1) is 0 Å². The monoisotopic (exact) mass is 296 g/mol. The molecule has 0 bridgehead atoms. The lowest BCUT2D eigenvalue weighted by atomic mass is 9.96. The zero-order valence-corrected chi connectivity index (χ0v) is 13.9. The first kappa shape index (κ1) is 16.8. The van der Waals surface area contributed by atoms with E-state index in [4.69, 9.17) is 0 Å². The van der Waals surface area contributed by atoms with Crippen LogP contribution in [0.25, 0.3) is 0 Å². The molecule has 2 aromatic carbocycles. The van der Waals surface area contributed by atoms with Crippen LogP contribution in [0.4, 0.5) is 0 Å². The fourth-order valence-corrected chi connectivity index (χ4v) is 3.02. The van der Waals surface area contributed by atoms with Crippen LogP contribution in [0, 0.1) is 0 Å². The summed E-state index contributed by atoms with van der Waals surface area (Å²) in [6, 6.07) is 15.4. The molecule has 0 atom stereocenters. The molecule has 2 aromatic rings. The highest BCUT2D eigenvalue weighted by Gasteiger charge is 2.03. The van der Waals surface area contributed by atoms with Gasteiger partial charge in [0.25, 0.3) is 0 Å². The van der Waals surface area contributed by atoms with E-state index in [2.05, 4.69) is 44.2 Å². The van der Waals surface area contributed by atoms with Crippen LogP contribution in [0.1, 0.15) is 54.5 Å². The molecule has 22 heavy (non-hydrogen) atoms. The number of hydrogen-bond acceptors (Lipinski definition) is 1. The van der Waals surface area contributed by atoms with Crippen LogP contribution in [-0.4, -0.2) is 5.11 Å². The Hall–Kier alpha value is -1.60. The Bertz CT molecular complexity index is 562. The third-order valence-corrected chi connectivity index (χ3v) is 4.07. The molecule has 0 radical (unpaired) electrons. The number of aliphatic hydroxyl groups excluding tert-OH is 1. The molecule has 0 saturated carbocycles. The van der Waals surface area contributed by atoms with Gasteiger partial charge >= 0.3 is 0 Å². The van der Waals surface area contributed by atoms with E-state index in [1.54, 1.807) is 0 Å². The summed E-state index contributed by atoms with van der Waals surface area (Å²) in [6.07, 6.45) is 6.86. The fourth-order valence-electron chi connectivity index (χ4n) is 3.02. The standard InChI is InChI=1S/C21H28O/c1-3-6-18-13-19(7-4-2)15-20(14-18)11-10-17-8-5-9-21(12-17)16-22/h5,8-9,12-15,22H,3-4,6-7,10-11,16H2,1-2H3. The minimum Gasteiger partial charge on any atom is -0.392 e. The third kappa shape index (κ3) is 4.99. The second-order valence-corrected chi connectivity index (χ2v) is 6.14. The normalized spacial score (nSPS) is 10.9. The number of rotatable bonds is 8. The first-order chi connectivity index (χ1) is 10.7. The average Bonchev–Trinajstić information content (AvgIpc) is 2.54. The quantitative estimate of drug-likeness (QED) is 0.737. The minimum absolute atomic E-state index is 0.125. The average molecular weight is 296 g/mol. The van der Waals surface area contributed by atoms with Crippen LogP contribution < -0.4 is 0 Å². The van der Waals surface area contributed by atoms with Gasteiger partial charge in [0.15, 0.2) is 0 Å². The van der Waals surface area contributed by atoms with Gasteiger partial charge in [-0.25, -0.2) is 0 Å². The van der Waals surface area contributed by atoms with Gasteiger partial charge in [0, 0.05) is 0 Å². The van der Waals surface area contributed by atoms with E-state index in [9.17, 15) is 5.11 Å². The molecule has 1 N–H and O–H groups in total. The fraction of sp³-hybridized carbons (Fsp3) is 0.429. The lowest BCUT2D eigenvalue weighted by molar-refractivity contribution is 0.281. The predicted molar refractivity (Wildman–Crippen MR) is 94.2 cm³/mol. The topological polar surface area (TPSA) is 20.2 Å². The molecule has 1 nitrogen and oxygen atoms in total. The van der Waals surface area contributed by atoms with Crippen molar-refractivity contribution >= 4 is 0 Å². The summed E-state index contributed by atoms with van der Waals surface area (Å²) in [5.41, 5.74) is 6.72. The van der Waals surface area contributed by atoms with Crippen molar-refractivity contribution in [3.8, 4) is 0 Å². The molecule has 0 amide bonds. The van der Waals surface area contributed by atoms with Crippen molar-refractivity contribution in [3.63, 3.8) is 0 Å². The van der Waals surface area contributed by atoms with Crippen molar-refractivity contribution in [3.05, 3.63) is 70.3 Å². The molecule has 118 valence electrons. The maximum Gasteiger partial charge on any atom is 0.0681 e. The van der Waals surface area contributed by atoms with Crippen LogP contribution in [0.15, 0.2) is 42.5 Å². The summed E-state index contributed by atoms with van der Waals surface area (Å²) >= 11 is 0. The van der Waals surface area contributed by atoms with Crippen molar-refractivity contribution in [1.29, 1.82) is 0 Å². The van der Waals surface area contributed by atoms with Crippen LogP contribution in [0.2, 0.25) is 0 Å². The van der Waals surface area contributed by atoms with Crippen LogP contribution in [0.3, 0.4) is 0 Å². The molecule has 0 spiro atoms. The van der Waals surface area contributed by atoms with Gasteiger partial charge in [0.2, 0.25) is 0 Å². The Morgan fingerprint density at radius 3 is 1.64 bits per heavy atom. The van der Waals surface area contributed by atoms with Crippen molar-refractivity contribution in [2.75, 3.05) is 0 Å². The largest absolute Gasteiger partial charge is 0.392 e. The van der Waals surface area contributed by atoms with E-state index in [0.717, 1.165) is 18.4 Å². The van der Waals surface area contributed by atoms with Crippen molar-refractivity contribution < 1.29 is 5.11 Å². The second-order valence-electron chi connectivity index (χ2n) is 6.14. The summed E-state index contributed by atoms with van der Waals surface area (Å²) in [4.78, 5) is 0. The van der Waals surface area contributed by atoms with E-state index >= 15 is 0 Å². The first-order valence-electron chi connectivity index (χ1n) is 8.55. The number of hydrogen-bond donors (Lipinski definition) is 1. The molecule has 2 rings (SSSR count). The summed E-state index contributed by atoms with van der Waals surface area (Å²) in [7, 11) is 0. The maximum atomic E-state index is 9.24. The number of benzene rings is 2. The second kappa shape index (κ2) is 8.75.